The highest BCUT2D eigenvalue weighted by molar-refractivity contribution is 5.98. The van der Waals surface area contributed by atoms with E-state index in [1.165, 1.54) is 0 Å². The molecule has 1 fully saturated rings. The van der Waals surface area contributed by atoms with Crippen LogP contribution < -0.4 is 10.6 Å². The summed E-state index contributed by atoms with van der Waals surface area (Å²) in [6.07, 6.45) is 1.89. The van der Waals surface area contributed by atoms with Gasteiger partial charge in [-0.15, -0.1) is 0 Å². The van der Waals surface area contributed by atoms with Crippen molar-refractivity contribution < 1.29 is 9.59 Å². The third-order valence-electron chi connectivity index (χ3n) is 5.21. The van der Waals surface area contributed by atoms with E-state index in [9.17, 15) is 9.59 Å². The number of carbonyl (C=O) groups is 2. The Kier molecular flexibility index (Phi) is 5.16. The van der Waals surface area contributed by atoms with Gasteiger partial charge in [0.05, 0.1) is 11.4 Å². The summed E-state index contributed by atoms with van der Waals surface area (Å²) < 4.78 is 1.89. The zero-order valence-corrected chi connectivity index (χ0v) is 16.6. The second-order valence-electron chi connectivity index (χ2n) is 7.42. The minimum atomic E-state index is -0.182. The Balaban J connectivity index is 1.45. The predicted molar refractivity (Wildman–Crippen MR) is 112 cm³/mol. The largest absolute Gasteiger partial charge is 0.348 e. The van der Waals surface area contributed by atoms with E-state index in [0.717, 1.165) is 35.5 Å². The molecule has 0 bridgehead atoms. The Morgan fingerprint density at radius 3 is 2.55 bits per heavy atom. The number of hydrogen-bond acceptors (Lipinski definition) is 3. The monoisotopic (exact) mass is 388 g/mol. The lowest BCUT2D eigenvalue weighted by Gasteiger charge is -2.09. The number of para-hydroxylation sites is 1. The first-order valence-electron chi connectivity index (χ1n) is 9.82. The van der Waals surface area contributed by atoms with Crippen molar-refractivity contribution in [2.75, 3.05) is 5.32 Å². The van der Waals surface area contributed by atoms with Gasteiger partial charge >= 0.3 is 0 Å². The van der Waals surface area contributed by atoms with E-state index in [2.05, 4.69) is 15.7 Å². The number of aromatic nitrogens is 2. The molecular formula is C23H24N4O2. The van der Waals surface area contributed by atoms with E-state index >= 15 is 0 Å². The summed E-state index contributed by atoms with van der Waals surface area (Å²) in [6.45, 7) is 4.34. The molecule has 0 unspecified atom stereocenters. The Labute approximate surface area is 169 Å². The molecule has 1 heterocycles. The molecule has 1 aliphatic rings. The van der Waals surface area contributed by atoms with Gasteiger partial charge in [-0.2, -0.15) is 5.10 Å². The predicted octanol–water partition coefficient (Wildman–Crippen LogP) is 3.77. The fourth-order valence-corrected chi connectivity index (χ4v) is 3.35. The van der Waals surface area contributed by atoms with Crippen LogP contribution in [0.4, 0.5) is 5.69 Å². The maximum Gasteiger partial charge on any atom is 0.251 e. The number of carbonyl (C=O) groups excluding carboxylic acids is 2. The van der Waals surface area contributed by atoms with Crippen LogP contribution in [-0.4, -0.2) is 21.6 Å². The van der Waals surface area contributed by atoms with Gasteiger partial charge in [0.15, 0.2) is 0 Å². The molecule has 2 amide bonds. The molecule has 0 atom stereocenters. The molecule has 2 aromatic carbocycles. The van der Waals surface area contributed by atoms with Gasteiger partial charge in [0.2, 0.25) is 5.91 Å². The Hall–Kier alpha value is -3.41. The number of anilines is 1. The van der Waals surface area contributed by atoms with Crippen molar-refractivity contribution in [1.82, 2.24) is 15.1 Å². The summed E-state index contributed by atoms with van der Waals surface area (Å²) in [5, 5.41) is 10.5. The first kappa shape index (κ1) is 18.9. The molecule has 0 saturated heterocycles. The number of amides is 2. The number of aryl methyl sites for hydroxylation is 1. The first-order valence-corrected chi connectivity index (χ1v) is 9.82. The van der Waals surface area contributed by atoms with Gasteiger partial charge in [0, 0.05) is 35.0 Å². The second kappa shape index (κ2) is 7.91. The van der Waals surface area contributed by atoms with Crippen LogP contribution in [0.1, 0.15) is 40.2 Å². The Bertz CT molecular complexity index is 1050. The van der Waals surface area contributed by atoms with Gasteiger partial charge in [-0.25, -0.2) is 4.68 Å². The van der Waals surface area contributed by atoms with Gasteiger partial charge in [0.25, 0.3) is 5.91 Å². The zero-order chi connectivity index (χ0) is 20.4. The van der Waals surface area contributed by atoms with Crippen LogP contribution in [0.3, 0.4) is 0 Å². The lowest BCUT2D eigenvalue weighted by atomic mass is 10.1. The highest BCUT2D eigenvalue weighted by atomic mass is 16.2. The third-order valence-corrected chi connectivity index (χ3v) is 5.21. The quantitative estimate of drug-likeness (QED) is 0.675. The van der Waals surface area contributed by atoms with Crippen LogP contribution in [0, 0.1) is 19.8 Å². The molecular weight excluding hydrogens is 364 g/mol. The van der Waals surface area contributed by atoms with E-state index in [-0.39, 0.29) is 17.7 Å². The molecule has 1 aromatic heterocycles. The van der Waals surface area contributed by atoms with E-state index in [0.29, 0.717) is 17.8 Å². The number of hydrogen-bond donors (Lipinski definition) is 2. The molecule has 0 radical (unpaired) electrons. The fraction of sp³-hybridized carbons (Fsp3) is 0.261. The fourth-order valence-electron chi connectivity index (χ4n) is 3.35. The number of nitrogens with one attached hydrogen (secondary N) is 2. The van der Waals surface area contributed by atoms with E-state index in [4.69, 9.17) is 0 Å². The van der Waals surface area contributed by atoms with E-state index in [1.807, 2.05) is 48.9 Å². The molecule has 4 rings (SSSR count). The summed E-state index contributed by atoms with van der Waals surface area (Å²) in [5.74, 6) is -0.0273. The SMILES string of the molecule is Cc1nn(-c2ccccc2)c(C)c1CNC(=O)c1cccc(NC(=O)C2CC2)c1. The number of nitrogens with zero attached hydrogens (tertiary/aromatic N) is 2. The van der Waals surface area contributed by atoms with Crippen molar-refractivity contribution >= 4 is 17.5 Å². The van der Waals surface area contributed by atoms with Crippen molar-refractivity contribution in [3.8, 4) is 5.69 Å². The van der Waals surface area contributed by atoms with E-state index in [1.54, 1.807) is 24.3 Å². The first-order chi connectivity index (χ1) is 14.0. The second-order valence-corrected chi connectivity index (χ2v) is 7.42. The van der Waals surface area contributed by atoms with Crippen LogP contribution >= 0.6 is 0 Å². The van der Waals surface area contributed by atoms with Gasteiger partial charge in [0.1, 0.15) is 0 Å². The van der Waals surface area contributed by atoms with Gasteiger partial charge in [-0.1, -0.05) is 24.3 Å². The molecule has 6 heteroatoms. The van der Waals surface area contributed by atoms with Crippen molar-refractivity contribution in [2.24, 2.45) is 5.92 Å². The van der Waals surface area contributed by atoms with Gasteiger partial charge in [-0.05, 0) is 57.0 Å². The van der Waals surface area contributed by atoms with Crippen molar-refractivity contribution in [2.45, 2.75) is 33.2 Å². The number of rotatable bonds is 6. The average molecular weight is 388 g/mol. The van der Waals surface area contributed by atoms with Gasteiger partial charge < -0.3 is 10.6 Å². The van der Waals surface area contributed by atoms with Gasteiger partial charge in [-0.3, -0.25) is 9.59 Å². The molecule has 3 aromatic rings. The minimum Gasteiger partial charge on any atom is -0.348 e. The molecule has 0 aliphatic heterocycles. The molecule has 6 nitrogen and oxygen atoms in total. The maximum absolute atomic E-state index is 12.7. The lowest BCUT2D eigenvalue weighted by molar-refractivity contribution is -0.117. The normalized spacial score (nSPS) is 13.2. The topological polar surface area (TPSA) is 76.0 Å². The molecule has 1 aliphatic carbocycles. The van der Waals surface area contributed by atoms with Crippen LogP contribution in [-0.2, 0) is 11.3 Å². The van der Waals surface area contributed by atoms with Crippen molar-refractivity contribution in [3.63, 3.8) is 0 Å². The average Bonchev–Trinajstić information content (AvgIpc) is 3.54. The number of benzene rings is 2. The molecule has 2 N–H and O–H groups in total. The van der Waals surface area contributed by atoms with Crippen LogP contribution in [0.2, 0.25) is 0 Å². The molecule has 29 heavy (non-hydrogen) atoms. The molecule has 148 valence electrons. The van der Waals surface area contributed by atoms with Crippen molar-refractivity contribution in [3.05, 3.63) is 77.1 Å². The smallest absolute Gasteiger partial charge is 0.251 e. The van der Waals surface area contributed by atoms with Crippen LogP contribution in [0.5, 0.6) is 0 Å². The standard InChI is InChI=1S/C23H24N4O2/c1-15-21(16(2)27(26-15)20-9-4-3-5-10-20)14-24-22(28)18-7-6-8-19(13-18)25-23(29)17-11-12-17/h3-10,13,17H,11-12,14H2,1-2H3,(H,24,28)(H,25,29). The summed E-state index contributed by atoms with van der Waals surface area (Å²) in [5.41, 5.74) is 5.05. The van der Waals surface area contributed by atoms with E-state index < -0.39 is 0 Å². The summed E-state index contributed by atoms with van der Waals surface area (Å²) in [4.78, 5) is 24.6. The third kappa shape index (κ3) is 4.21. The minimum absolute atomic E-state index is 0.0298. The Morgan fingerprint density at radius 1 is 1.07 bits per heavy atom. The summed E-state index contributed by atoms with van der Waals surface area (Å²) >= 11 is 0. The summed E-state index contributed by atoms with van der Waals surface area (Å²) in [7, 11) is 0. The highest BCUT2D eigenvalue weighted by Crippen LogP contribution is 2.30. The Morgan fingerprint density at radius 2 is 1.83 bits per heavy atom. The zero-order valence-electron chi connectivity index (χ0n) is 16.6. The maximum atomic E-state index is 12.7. The summed E-state index contributed by atoms with van der Waals surface area (Å²) in [6, 6.07) is 17.0. The lowest BCUT2D eigenvalue weighted by Crippen LogP contribution is -2.23. The van der Waals surface area contributed by atoms with Crippen molar-refractivity contribution in [1.29, 1.82) is 0 Å². The van der Waals surface area contributed by atoms with Crippen LogP contribution in [0.25, 0.3) is 5.69 Å². The molecule has 0 spiro atoms. The molecule has 1 saturated carbocycles. The highest BCUT2D eigenvalue weighted by Gasteiger charge is 2.29. The van der Waals surface area contributed by atoms with Crippen LogP contribution in [0.15, 0.2) is 54.6 Å².